The maximum absolute atomic E-state index is 11.7. The van der Waals surface area contributed by atoms with E-state index in [9.17, 15) is 4.79 Å². The normalized spacial score (nSPS) is 12.6. The molecule has 5 heteroatoms. The van der Waals surface area contributed by atoms with Crippen LogP contribution in [0.3, 0.4) is 0 Å². The van der Waals surface area contributed by atoms with Crippen molar-refractivity contribution in [3.8, 4) is 0 Å². The van der Waals surface area contributed by atoms with Crippen LogP contribution in [0.5, 0.6) is 0 Å². The summed E-state index contributed by atoms with van der Waals surface area (Å²) in [5, 5.41) is 7.11. The van der Waals surface area contributed by atoms with E-state index in [1.54, 1.807) is 7.05 Å². The maximum atomic E-state index is 11.7. The largest absolute Gasteiger partial charge is 0.348 e. The molecule has 1 aromatic heterocycles. The predicted octanol–water partition coefficient (Wildman–Crippen LogP) is 1.60. The number of hydrogen-bond acceptors (Lipinski definition) is 2. The lowest BCUT2D eigenvalue weighted by molar-refractivity contribution is 0.0930. The first-order valence-electron chi connectivity index (χ1n) is 4.54. The molecule has 1 rings (SSSR count). The minimum Gasteiger partial charge on any atom is -0.348 e. The number of aryl methyl sites for hydroxylation is 1. The van der Waals surface area contributed by atoms with Gasteiger partial charge in [0.2, 0.25) is 0 Å². The van der Waals surface area contributed by atoms with E-state index in [0.29, 0.717) is 10.7 Å². The van der Waals surface area contributed by atoms with Crippen LogP contribution in [0.2, 0.25) is 5.02 Å². The Morgan fingerprint density at radius 1 is 1.79 bits per heavy atom. The van der Waals surface area contributed by atoms with Crippen molar-refractivity contribution in [1.29, 1.82) is 0 Å². The number of halogens is 1. The van der Waals surface area contributed by atoms with E-state index in [0.717, 1.165) is 6.42 Å². The summed E-state index contributed by atoms with van der Waals surface area (Å²) in [6.45, 7) is 3.96. The van der Waals surface area contributed by atoms with Gasteiger partial charge < -0.3 is 5.32 Å². The molecule has 1 N–H and O–H groups in total. The van der Waals surface area contributed by atoms with Crippen molar-refractivity contribution in [3.05, 3.63) is 16.9 Å². The van der Waals surface area contributed by atoms with E-state index >= 15 is 0 Å². The molecule has 0 aliphatic rings. The first-order valence-corrected chi connectivity index (χ1v) is 4.92. The molecule has 0 saturated heterocycles. The summed E-state index contributed by atoms with van der Waals surface area (Å²) < 4.78 is 1.47. The Labute approximate surface area is 88.2 Å². The van der Waals surface area contributed by atoms with Crippen LogP contribution >= 0.6 is 11.6 Å². The summed E-state index contributed by atoms with van der Waals surface area (Å²) in [6.07, 6.45) is 2.36. The van der Waals surface area contributed by atoms with Crippen molar-refractivity contribution < 1.29 is 4.79 Å². The number of aromatic nitrogens is 2. The summed E-state index contributed by atoms with van der Waals surface area (Å²) in [5.74, 6) is -0.177. The van der Waals surface area contributed by atoms with Crippen LogP contribution in [0.15, 0.2) is 6.20 Å². The van der Waals surface area contributed by atoms with E-state index in [1.165, 1.54) is 10.9 Å². The number of nitrogens with one attached hydrogen (secondary N) is 1. The highest BCUT2D eigenvalue weighted by Gasteiger charge is 2.16. The maximum Gasteiger partial charge on any atom is 0.271 e. The minimum atomic E-state index is -0.177. The van der Waals surface area contributed by atoms with Crippen LogP contribution in [0.25, 0.3) is 0 Å². The third-order valence-electron chi connectivity index (χ3n) is 2.10. The van der Waals surface area contributed by atoms with Gasteiger partial charge in [0.15, 0.2) is 0 Å². The molecule has 1 unspecified atom stereocenters. The average Bonchev–Trinajstić information content (AvgIpc) is 2.46. The fourth-order valence-electron chi connectivity index (χ4n) is 1.06. The Balaban J connectivity index is 2.79. The van der Waals surface area contributed by atoms with Crippen LogP contribution in [0.1, 0.15) is 30.8 Å². The number of amides is 1. The molecule has 0 spiro atoms. The van der Waals surface area contributed by atoms with Gasteiger partial charge in [-0.25, -0.2) is 0 Å². The van der Waals surface area contributed by atoms with Crippen LogP contribution in [-0.2, 0) is 7.05 Å². The molecule has 14 heavy (non-hydrogen) atoms. The Hall–Kier alpha value is -1.03. The molecule has 1 atom stereocenters. The van der Waals surface area contributed by atoms with Crippen molar-refractivity contribution in [1.82, 2.24) is 15.1 Å². The van der Waals surface area contributed by atoms with Gasteiger partial charge in [0, 0.05) is 13.1 Å². The van der Waals surface area contributed by atoms with Crippen molar-refractivity contribution >= 4 is 17.5 Å². The predicted molar refractivity (Wildman–Crippen MR) is 55.4 cm³/mol. The fourth-order valence-corrected chi connectivity index (χ4v) is 1.31. The SMILES string of the molecule is CCC(C)NC(=O)c1c(Cl)cnn1C. The second-order valence-corrected chi connectivity index (χ2v) is 3.65. The smallest absolute Gasteiger partial charge is 0.271 e. The molecular formula is C9H14ClN3O. The highest BCUT2D eigenvalue weighted by atomic mass is 35.5. The number of hydrogen-bond donors (Lipinski definition) is 1. The monoisotopic (exact) mass is 215 g/mol. The van der Waals surface area contributed by atoms with E-state index in [2.05, 4.69) is 10.4 Å². The number of rotatable bonds is 3. The van der Waals surface area contributed by atoms with Gasteiger partial charge in [0.05, 0.1) is 11.2 Å². The fraction of sp³-hybridized carbons (Fsp3) is 0.556. The molecule has 0 radical (unpaired) electrons. The van der Waals surface area contributed by atoms with Crippen LogP contribution in [-0.4, -0.2) is 21.7 Å². The van der Waals surface area contributed by atoms with Crippen molar-refractivity contribution in [2.24, 2.45) is 7.05 Å². The highest BCUT2D eigenvalue weighted by molar-refractivity contribution is 6.33. The molecule has 0 aliphatic carbocycles. The Morgan fingerprint density at radius 2 is 2.43 bits per heavy atom. The van der Waals surface area contributed by atoms with E-state index < -0.39 is 0 Å². The summed E-state index contributed by atoms with van der Waals surface area (Å²) in [5.41, 5.74) is 0.409. The molecule has 1 aromatic rings. The molecule has 78 valence electrons. The summed E-state index contributed by atoms with van der Waals surface area (Å²) in [4.78, 5) is 11.7. The molecule has 0 aliphatic heterocycles. The summed E-state index contributed by atoms with van der Waals surface area (Å²) in [7, 11) is 1.69. The lowest BCUT2D eigenvalue weighted by Crippen LogP contribution is -2.33. The van der Waals surface area contributed by atoms with Crippen LogP contribution in [0, 0.1) is 0 Å². The molecule has 0 aromatic carbocycles. The number of carbonyl (C=O) groups excluding carboxylic acids is 1. The Morgan fingerprint density at radius 3 is 2.86 bits per heavy atom. The summed E-state index contributed by atoms with van der Waals surface area (Å²) >= 11 is 5.82. The van der Waals surface area contributed by atoms with E-state index in [4.69, 9.17) is 11.6 Å². The van der Waals surface area contributed by atoms with Crippen molar-refractivity contribution in [2.75, 3.05) is 0 Å². The third-order valence-corrected chi connectivity index (χ3v) is 2.38. The number of nitrogens with zero attached hydrogens (tertiary/aromatic N) is 2. The van der Waals surface area contributed by atoms with Gasteiger partial charge in [0.1, 0.15) is 5.69 Å². The molecule has 0 bridgehead atoms. The van der Waals surface area contributed by atoms with Gasteiger partial charge in [-0.1, -0.05) is 18.5 Å². The quantitative estimate of drug-likeness (QED) is 0.833. The lowest BCUT2D eigenvalue weighted by atomic mass is 10.2. The van der Waals surface area contributed by atoms with Gasteiger partial charge in [-0.15, -0.1) is 0 Å². The molecule has 0 fully saturated rings. The zero-order valence-electron chi connectivity index (χ0n) is 8.54. The van der Waals surface area contributed by atoms with E-state index in [-0.39, 0.29) is 11.9 Å². The Kier molecular flexibility index (Phi) is 3.52. The first kappa shape index (κ1) is 11.0. The second kappa shape index (κ2) is 4.46. The third kappa shape index (κ3) is 2.26. The standard InChI is InChI=1S/C9H14ClN3O/c1-4-6(2)12-9(14)8-7(10)5-11-13(8)3/h5-6H,4H2,1-3H3,(H,12,14). The van der Waals surface area contributed by atoms with Crippen molar-refractivity contribution in [2.45, 2.75) is 26.3 Å². The molecule has 4 nitrogen and oxygen atoms in total. The lowest BCUT2D eigenvalue weighted by Gasteiger charge is -2.11. The van der Waals surface area contributed by atoms with Gasteiger partial charge in [-0.2, -0.15) is 5.10 Å². The molecular weight excluding hydrogens is 202 g/mol. The Bertz CT molecular complexity index is 315. The molecule has 1 amide bonds. The van der Waals surface area contributed by atoms with Gasteiger partial charge in [-0.3, -0.25) is 9.48 Å². The van der Waals surface area contributed by atoms with Gasteiger partial charge in [-0.05, 0) is 13.3 Å². The zero-order valence-corrected chi connectivity index (χ0v) is 9.30. The van der Waals surface area contributed by atoms with Crippen LogP contribution in [0.4, 0.5) is 0 Å². The summed E-state index contributed by atoms with van der Waals surface area (Å²) in [6, 6.07) is 0.147. The first-order chi connectivity index (χ1) is 6.56. The zero-order chi connectivity index (χ0) is 10.7. The van der Waals surface area contributed by atoms with Crippen molar-refractivity contribution in [3.63, 3.8) is 0 Å². The van der Waals surface area contributed by atoms with Gasteiger partial charge in [0.25, 0.3) is 5.91 Å². The average molecular weight is 216 g/mol. The number of carbonyl (C=O) groups is 1. The van der Waals surface area contributed by atoms with E-state index in [1.807, 2.05) is 13.8 Å². The van der Waals surface area contributed by atoms with Crippen LogP contribution < -0.4 is 5.32 Å². The second-order valence-electron chi connectivity index (χ2n) is 3.25. The minimum absolute atomic E-state index is 0.147. The molecule has 1 heterocycles. The van der Waals surface area contributed by atoms with Gasteiger partial charge >= 0.3 is 0 Å². The highest BCUT2D eigenvalue weighted by Crippen LogP contribution is 2.13. The topological polar surface area (TPSA) is 46.9 Å². The molecule has 0 saturated carbocycles.